The molecule has 3 N–H and O–H groups in total. The number of carbonyl (C=O) groups is 2. The number of nitrogens with one attached hydrogen (secondary N) is 2. The molecule has 0 aliphatic heterocycles. The molecule has 156 valence electrons. The summed E-state index contributed by atoms with van der Waals surface area (Å²) in [7, 11) is 0. The Labute approximate surface area is 169 Å². The zero-order valence-corrected chi connectivity index (χ0v) is 16.0. The summed E-state index contributed by atoms with van der Waals surface area (Å²) in [5.74, 6) is -2.05. The Morgan fingerprint density at radius 2 is 1.79 bits per heavy atom. The molecule has 29 heavy (non-hydrogen) atoms. The molecule has 0 bridgehead atoms. The lowest BCUT2D eigenvalue weighted by molar-refractivity contribution is -0.173. The Bertz CT molecular complexity index is 871. The van der Waals surface area contributed by atoms with Gasteiger partial charge in [-0.3, -0.25) is 9.59 Å². The monoisotopic (exact) mass is 430 g/mol. The Morgan fingerprint density at radius 1 is 1.14 bits per heavy atom. The molecule has 0 radical (unpaired) electrons. The second kappa shape index (κ2) is 9.62. The van der Waals surface area contributed by atoms with E-state index >= 15 is 0 Å². The highest BCUT2D eigenvalue weighted by atomic mass is 35.5. The standard InChI is InChI=1S/C19H18ClF3N2O4/c1-11(26)13-4-7-16(15(20)8-13)29-14-5-2-12(3-6-14)9-24-17(27)10-25-18(28)19(21,22)23/h2-8,11,26H,9-10H2,1H3,(H,24,27)(H,25,28). The van der Waals surface area contributed by atoms with Gasteiger partial charge < -0.3 is 20.5 Å². The second-order valence-electron chi connectivity index (χ2n) is 6.07. The third kappa shape index (κ3) is 6.95. The van der Waals surface area contributed by atoms with Crippen molar-refractivity contribution in [2.75, 3.05) is 6.54 Å². The molecule has 0 saturated carbocycles. The van der Waals surface area contributed by atoms with Crippen molar-refractivity contribution in [3.05, 3.63) is 58.6 Å². The van der Waals surface area contributed by atoms with E-state index in [-0.39, 0.29) is 6.54 Å². The van der Waals surface area contributed by atoms with Crippen LogP contribution < -0.4 is 15.4 Å². The smallest absolute Gasteiger partial charge is 0.456 e. The molecule has 0 spiro atoms. The third-order valence-electron chi connectivity index (χ3n) is 3.75. The number of aliphatic hydroxyl groups excluding tert-OH is 1. The number of hydrogen-bond acceptors (Lipinski definition) is 4. The van der Waals surface area contributed by atoms with Gasteiger partial charge in [-0.2, -0.15) is 13.2 Å². The zero-order chi connectivity index (χ0) is 21.6. The van der Waals surface area contributed by atoms with Crippen molar-refractivity contribution in [2.24, 2.45) is 0 Å². The maximum atomic E-state index is 12.0. The molecule has 2 aromatic rings. The van der Waals surface area contributed by atoms with Crippen LogP contribution in [-0.4, -0.2) is 29.6 Å². The maximum absolute atomic E-state index is 12.0. The molecular weight excluding hydrogens is 413 g/mol. The van der Waals surface area contributed by atoms with Crippen LogP contribution in [0.3, 0.4) is 0 Å². The van der Waals surface area contributed by atoms with Gasteiger partial charge in [0.05, 0.1) is 17.7 Å². The molecule has 0 aliphatic rings. The van der Waals surface area contributed by atoms with Crippen LogP contribution in [0.2, 0.25) is 5.02 Å². The summed E-state index contributed by atoms with van der Waals surface area (Å²) < 4.78 is 41.8. The lowest BCUT2D eigenvalue weighted by atomic mass is 10.1. The topological polar surface area (TPSA) is 87.7 Å². The van der Waals surface area contributed by atoms with Crippen molar-refractivity contribution in [1.29, 1.82) is 0 Å². The summed E-state index contributed by atoms with van der Waals surface area (Å²) in [6.07, 6.45) is -5.69. The van der Waals surface area contributed by atoms with Gasteiger partial charge in [0.15, 0.2) is 0 Å². The van der Waals surface area contributed by atoms with E-state index in [9.17, 15) is 27.9 Å². The van der Waals surface area contributed by atoms with Gasteiger partial charge in [-0.25, -0.2) is 0 Å². The Kier molecular flexibility index (Phi) is 7.46. The fourth-order valence-corrected chi connectivity index (χ4v) is 2.41. The third-order valence-corrected chi connectivity index (χ3v) is 4.04. The van der Waals surface area contributed by atoms with E-state index in [1.807, 2.05) is 0 Å². The first-order valence-electron chi connectivity index (χ1n) is 8.42. The van der Waals surface area contributed by atoms with Crippen LogP contribution in [-0.2, 0) is 16.1 Å². The first kappa shape index (κ1) is 22.5. The van der Waals surface area contributed by atoms with E-state index in [0.717, 1.165) is 0 Å². The van der Waals surface area contributed by atoms with Crippen molar-refractivity contribution < 1.29 is 32.6 Å². The van der Waals surface area contributed by atoms with Crippen molar-refractivity contribution in [3.63, 3.8) is 0 Å². The molecule has 2 amide bonds. The molecule has 1 unspecified atom stereocenters. The number of rotatable bonds is 7. The quantitative estimate of drug-likeness (QED) is 0.627. The largest absolute Gasteiger partial charge is 0.471 e. The van der Waals surface area contributed by atoms with Crippen molar-refractivity contribution in [2.45, 2.75) is 25.7 Å². The fraction of sp³-hybridized carbons (Fsp3) is 0.263. The average molecular weight is 431 g/mol. The number of amides is 2. The Hall–Kier alpha value is -2.78. The lowest BCUT2D eigenvalue weighted by Crippen LogP contribution is -2.42. The van der Waals surface area contributed by atoms with Gasteiger partial charge in [-0.15, -0.1) is 0 Å². The molecular formula is C19H18ClF3N2O4. The summed E-state index contributed by atoms with van der Waals surface area (Å²) in [5.41, 5.74) is 1.32. The van der Waals surface area contributed by atoms with Crippen LogP contribution in [0.25, 0.3) is 0 Å². The highest BCUT2D eigenvalue weighted by Crippen LogP contribution is 2.31. The first-order valence-corrected chi connectivity index (χ1v) is 8.80. The molecule has 0 saturated heterocycles. The molecule has 0 aliphatic carbocycles. The molecule has 10 heteroatoms. The minimum absolute atomic E-state index is 0.0604. The van der Waals surface area contributed by atoms with E-state index in [1.165, 1.54) is 5.32 Å². The number of halogens is 4. The molecule has 6 nitrogen and oxygen atoms in total. The van der Waals surface area contributed by atoms with Crippen molar-refractivity contribution >= 4 is 23.4 Å². The van der Waals surface area contributed by atoms with Crippen LogP contribution in [0, 0.1) is 0 Å². The van der Waals surface area contributed by atoms with E-state index < -0.39 is 30.6 Å². The van der Waals surface area contributed by atoms with Crippen LogP contribution in [0.15, 0.2) is 42.5 Å². The van der Waals surface area contributed by atoms with Crippen LogP contribution in [0.5, 0.6) is 11.5 Å². The summed E-state index contributed by atoms with van der Waals surface area (Å²) in [6.45, 7) is 0.902. The number of aliphatic hydroxyl groups is 1. The normalized spacial score (nSPS) is 12.2. The van der Waals surface area contributed by atoms with Crippen molar-refractivity contribution in [3.8, 4) is 11.5 Å². The van der Waals surface area contributed by atoms with Crippen LogP contribution in [0.1, 0.15) is 24.2 Å². The van der Waals surface area contributed by atoms with E-state index in [1.54, 1.807) is 49.4 Å². The van der Waals surface area contributed by atoms with E-state index in [2.05, 4.69) is 5.32 Å². The zero-order valence-electron chi connectivity index (χ0n) is 15.2. The maximum Gasteiger partial charge on any atom is 0.471 e. The lowest BCUT2D eigenvalue weighted by Gasteiger charge is -2.11. The molecule has 2 aromatic carbocycles. The summed E-state index contributed by atoms with van der Waals surface area (Å²) >= 11 is 6.14. The van der Waals surface area contributed by atoms with E-state index in [0.29, 0.717) is 27.6 Å². The predicted octanol–water partition coefficient (Wildman–Crippen LogP) is 3.48. The van der Waals surface area contributed by atoms with E-state index in [4.69, 9.17) is 16.3 Å². The molecule has 0 heterocycles. The van der Waals surface area contributed by atoms with Crippen molar-refractivity contribution in [1.82, 2.24) is 10.6 Å². The van der Waals surface area contributed by atoms with Gasteiger partial charge in [0, 0.05) is 6.54 Å². The van der Waals surface area contributed by atoms with Gasteiger partial charge in [0.1, 0.15) is 11.5 Å². The number of benzene rings is 2. The van der Waals surface area contributed by atoms with Gasteiger partial charge in [-0.05, 0) is 42.3 Å². The Morgan fingerprint density at radius 3 is 2.34 bits per heavy atom. The number of hydrogen-bond donors (Lipinski definition) is 3. The van der Waals surface area contributed by atoms with Gasteiger partial charge in [0.2, 0.25) is 5.91 Å². The van der Waals surface area contributed by atoms with Gasteiger partial charge in [0.25, 0.3) is 0 Å². The Balaban J connectivity index is 1.86. The van der Waals surface area contributed by atoms with Crippen LogP contribution in [0.4, 0.5) is 13.2 Å². The second-order valence-corrected chi connectivity index (χ2v) is 6.48. The molecule has 0 aromatic heterocycles. The number of alkyl halides is 3. The van der Waals surface area contributed by atoms with Gasteiger partial charge >= 0.3 is 12.1 Å². The summed E-state index contributed by atoms with van der Waals surface area (Å²) in [5, 5.41) is 13.8. The first-order chi connectivity index (χ1) is 13.6. The summed E-state index contributed by atoms with van der Waals surface area (Å²) in [6, 6.07) is 11.5. The summed E-state index contributed by atoms with van der Waals surface area (Å²) in [4.78, 5) is 22.2. The highest BCUT2D eigenvalue weighted by molar-refractivity contribution is 6.32. The molecule has 2 rings (SSSR count). The van der Waals surface area contributed by atoms with Crippen LogP contribution >= 0.6 is 11.6 Å². The molecule has 0 fully saturated rings. The fourth-order valence-electron chi connectivity index (χ4n) is 2.19. The predicted molar refractivity (Wildman–Crippen MR) is 99.5 cm³/mol. The SMILES string of the molecule is CC(O)c1ccc(Oc2ccc(CNC(=O)CNC(=O)C(F)(F)F)cc2)c(Cl)c1. The minimum Gasteiger partial charge on any atom is -0.456 e. The highest BCUT2D eigenvalue weighted by Gasteiger charge is 2.38. The molecule has 1 atom stereocenters. The van der Waals surface area contributed by atoms with Gasteiger partial charge in [-0.1, -0.05) is 29.8 Å². The number of ether oxygens (including phenoxy) is 1. The minimum atomic E-state index is -5.03. The average Bonchev–Trinajstić information content (AvgIpc) is 2.66. The number of carbonyl (C=O) groups excluding carboxylic acids is 2.